The van der Waals surface area contributed by atoms with Gasteiger partial charge in [-0.05, 0) is 63.1 Å². The van der Waals surface area contributed by atoms with Crippen LogP contribution in [-0.2, 0) is 11.5 Å². The molecule has 174 valence electrons. The first-order valence-electron chi connectivity index (χ1n) is 9.94. The summed E-state index contributed by atoms with van der Waals surface area (Å²) in [5.74, 6) is -1.27. The van der Waals surface area contributed by atoms with Gasteiger partial charge in [0.2, 0.25) is 0 Å². The number of aryl methyl sites for hydroxylation is 1. The van der Waals surface area contributed by atoms with E-state index in [1.54, 1.807) is 45.2 Å². The molecule has 3 aromatic rings. The van der Waals surface area contributed by atoms with Crippen molar-refractivity contribution >= 4 is 45.7 Å². The number of primary amides is 1. The van der Waals surface area contributed by atoms with E-state index in [-0.39, 0.29) is 34.0 Å². The van der Waals surface area contributed by atoms with E-state index in [1.165, 1.54) is 10.7 Å². The van der Waals surface area contributed by atoms with Gasteiger partial charge in [0.05, 0.1) is 16.5 Å². The van der Waals surface area contributed by atoms with Crippen molar-refractivity contribution in [3.8, 4) is 5.75 Å². The minimum atomic E-state index is -0.699. The second kappa shape index (κ2) is 10.1. The van der Waals surface area contributed by atoms with Crippen molar-refractivity contribution in [1.82, 2.24) is 9.78 Å². The summed E-state index contributed by atoms with van der Waals surface area (Å²) in [6.07, 6.45) is 1.21. The van der Waals surface area contributed by atoms with Gasteiger partial charge in [-0.15, -0.1) is 11.3 Å². The van der Waals surface area contributed by atoms with E-state index >= 15 is 0 Å². The summed E-state index contributed by atoms with van der Waals surface area (Å²) in [6, 6.07) is 6.76. The Morgan fingerprint density at radius 3 is 2.61 bits per heavy atom. The first-order chi connectivity index (χ1) is 15.6. The molecular weight excluding hydrogens is 468 g/mol. The molecule has 11 heteroatoms. The number of hydrogen-bond acceptors (Lipinski definition) is 7. The molecule has 33 heavy (non-hydrogen) atoms. The summed E-state index contributed by atoms with van der Waals surface area (Å²) in [5.41, 5.74) is 6.83. The highest BCUT2D eigenvalue weighted by Crippen LogP contribution is 2.34. The molecule has 0 radical (unpaired) electrons. The summed E-state index contributed by atoms with van der Waals surface area (Å²) in [7, 11) is 0. The molecule has 2 aromatic heterocycles. The van der Waals surface area contributed by atoms with Crippen LogP contribution in [0.4, 0.5) is 5.00 Å². The molecular formula is C22H23ClN4O5S. The smallest absolute Gasteiger partial charge is 0.341 e. The van der Waals surface area contributed by atoms with Gasteiger partial charge in [-0.1, -0.05) is 11.6 Å². The van der Waals surface area contributed by atoms with Gasteiger partial charge in [0.15, 0.2) is 12.4 Å². The highest BCUT2D eigenvalue weighted by Gasteiger charge is 2.27. The average molecular weight is 491 g/mol. The van der Waals surface area contributed by atoms with E-state index in [2.05, 4.69) is 10.4 Å². The van der Waals surface area contributed by atoms with Gasteiger partial charge in [0, 0.05) is 11.2 Å². The van der Waals surface area contributed by atoms with Gasteiger partial charge in [-0.2, -0.15) is 5.10 Å². The molecule has 2 amide bonds. The second-order valence-electron chi connectivity index (χ2n) is 7.46. The van der Waals surface area contributed by atoms with Crippen LogP contribution in [0.15, 0.2) is 30.5 Å². The fourth-order valence-corrected chi connectivity index (χ4v) is 4.26. The van der Waals surface area contributed by atoms with Crippen LogP contribution < -0.4 is 15.8 Å². The number of rotatable bonds is 8. The third kappa shape index (κ3) is 5.71. The number of carbonyl (C=O) groups is 3. The lowest BCUT2D eigenvalue weighted by Gasteiger charge is -2.10. The molecule has 2 heterocycles. The zero-order valence-electron chi connectivity index (χ0n) is 18.5. The number of halogens is 1. The van der Waals surface area contributed by atoms with Crippen molar-refractivity contribution in [2.24, 2.45) is 5.73 Å². The van der Waals surface area contributed by atoms with E-state index in [1.807, 2.05) is 6.92 Å². The molecule has 0 aliphatic rings. The molecule has 3 rings (SSSR count). The first-order valence-corrected chi connectivity index (χ1v) is 11.1. The Morgan fingerprint density at radius 1 is 1.24 bits per heavy atom. The predicted octanol–water partition coefficient (Wildman–Crippen LogP) is 4.17. The third-order valence-electron chi connectivity index (χ3n) is 4.51. The summed E-state index contributed by atoms with van der Waals surface area (Å²) in [6.45, 7) is 6.92. The molecule has 1 aromatic carbocycles. The zero-order chi connectivity index (χ0) is 24.3. The number of ether oxygens (including phenoxy) is 2. The molecule has 0 saturated heterocycles. The fourth-order valence-electron chi connectivity index (χ4n) is 2.99. The van der Waals surface area contributed by atoms with Gasteiger partial charge < -0.3 is 20.5 Å². The number of nitrogens with one attached hydrogen (secondary N) is 1. The summed E-state index contributed by atoms with van der Waals surface area (Å²) in [4.78, 5) is 37.3. The summed E-state index contributed by atoms with van der Waals surface area (Å²) in [5, 5.41) is 7.62. The van der Waals surface area contributed by atoms with Crippen molar-refractivity contribution in [3.63, 3.8) is 0 Å². The van der Waals surface area contributed by atoms with Crippen molar-refractivity contribution in [2.75, 3.05) is 5.32 Å². The van der Waals surface area contributed by atoms with Crippen LogP contribution in [0.25, 0.3) is 0 Å². The largest absolute Gasteiger partial charge is 0.471 e. The zero-order valence-corrected chi connectivity index (χ0v) is 20.0. The maximum absolute atomic E-state index is 12.8. The molecule has 0 fully saturated rings. The Morgan fingerprint density at radius 2 is 1.97 bits per heavy atom. The molecule has 0 unspecified atom stereocenters. The maximum atomic E-state index is 12.8. The van der Waals surface area contributed by atoms with Gasteiger partial charge in [0.25, 0.3) is 11.8 Å². The number of esters is 1. The summed E-state index contributed by atoms with van der Waals surface area (Å²) >= 11 is 6.86. The Hall–Kier alpha value is -3.37. The molecule has 0 aliphatic heterocycles. The van der Waals surface area contributed by atoms with Crippen LogP contribution >= 0.6 is 22.9 Å². The molecule has 0 bridgehead atoms. The van der Waals surface area contributed by atoms with Crippen molar-refractivity contribution in [3.05, 3.63) is 62.7 Å². The SMILES string of the molecule is Cc1cc(Cl)ccc1OCn1ccc(C(=O)Nc2sc(C(N)=O)c(C)c2C(=O)OC(C)C)n1. The molecule has 9 nitrogen and oxygen atoms in total. The molecule has 0 spiro atoms. The Bertz CT molecular complexity index is 1220. The highest BCUT2D eigenvalue weighted by molar-refractivity contribution is 7.18. The van der Waals surface area contributed by atoms with Crippen LogP contribution in [0, 0.1) is 13.8 Å². The lowest BCUT2D eigenvalue weighted by Crippen LogP contribution is -2.18. The predicted molar refractivity (Wildman–Crippen MR) is 125 cm³/mol. The van der Waals surface area contributed by atoms with Gasteiger partial charge >= 0.3 is 5.97 Å². The topological polar surface area (TPSA) is 126 Å². The molecule has 0 atom stereocenters. The number of aromatic nitrogens is 2. The first kappa shape index (κ1) is 24.3. The van der Waals surface area contributed by atoms with Crippen molar-refractivity contribution in [1.29, 1.82) is 0 Å². The van der Waals surface area contributed by atoms with Crippen LogP contribution in [0.1, 0.15) is 55.5 Å². The standard InChI is InChI=1S/C22H23ClN4O5S/c1-11(2)32-22(30)17-13(4)18(19(24)28)33-21(17)25-20(29)15-7-8-27(26-15)10-31-16-6-5-14(23)9-12(16)3/h5-9,11H,10H2,1-4H3,(H2,24,28)(H,25,29). The number of hydrogen-bond donors (Lipinski definition) is 2. The minimum absolute atomic E-state index is 0.0750. The molecule has 3 N–H and O–H groups in total. The number of amides is 2. The average Bonchev–Trinajstić information content (AvgIpc) is 3.31. The van der Waals surface area contributed by atoms with E-state index in [4.69, 9.17) is 26.8 Å². The number of nitrogens with two attached hydrogens (primary N) is 1. The van der Waals surface area contributed by atoms with Gasteiger partial charge in [-0.3, -0.25) is 9.59 Å². The van der Waals surface area contributed by atoms with Gasteiger partial charge in [-0.25, -0.2) is 9.48 Å². The Labute approximate surface area is 199 Å². The quantitative estimate of drug-likeness (QED) is 0.456. The summed E-state index contributed by atoms with van der Waals surface area (Å²) < 4.78 is 12.4. The lowest BCUT2D eigenvalue weighted by atomic mass is 10.1. The number of thiophene rings is 1. The van der Waals surface area contributed by atoms with Crippen LogP contribution in [0.5, 0.6) is 5.75 Å². The van der Waals surface area contributed by atoms with Crippen LogP contribution in [0.3, 0.4) is 0 Å². The highest BCUT2D eigenvalue weighted by atomic mass is 35.5. The Balaban J connectivity index is 1.76. The molecule has 0 aliphatic carbocycles. The minimum Gasteiger partial charge on any atom is -0.471 e. The van der Waals surface area contributed by atoms with E-state index in [0.717, 1.165) is 16.9 Å². The Kier molecular flexibility index (Phi) is 7.39. The number of carbonyl (C=O) groups excluding carboxylic acids is 3. The third-order valence-corrected chi connectivity index (χ3v) is 5.96. The number of anilines is 1. The van der Waals surface area contributed by atoms with Crippen molar-refractivity contribution < 1.29 is 23.9 Å². The number of nitrogens with zero attached hydrogens (tertiary/aromatic N) is 2. The van der Waals surface area contributed by atoms with E-state index in [0.29, 0.717) is 16.3 Å². The van der Waals surface area contributed by atoms with E-state index in [9.17, 15) is 14.4 Å². The van der Waals surface area contributed by atoms with Crippen molar-refractivity contribution in [2.45, 2.75) is 40.5 Å². The second-order valence-corrected chi connectivity index (χ2v) is 8.91. The van der Waals surface area contributed by atoms with Gasteiger partial charge in [0.1, 0.15) is 10.8 Å². The number of benzene rings is 1. The van der Waals surface area contributed by atoms with Crippen LogP contribution in [0.2, 0.25) is 5.02 Å². The van der Waals surface area contributed by atoms with Crippen LogP contribution in [-0.4, -0.2) is 33.7 Å². The monoisotopic (exact) mass is 490 g/mol. The normalized spacial score (nSPS) is 10.8. The maximum Gasteiger partial charge on any atom is 0.341 e. The lowest BCUT2D eigenvalue weighted by molar-refractivity contribution is 0.0379. The molecule has 0 saturated carbocycles. The fraction of sp³-hybridized carbons (Fsp3) is 0.273. The van der Waals surface area contributed by atoms with E-state index < -0.39 is 17.8 Å².